The molecule has 0 saturated carbocycles. The van der Waals surface area contributed by atoms with E-state index in [2.05, 4.69) is 20.3 Å². The van der Waals surface area contributed by atoms with Gasteiger partial charge in [-0.05, 0) is 18.2 Å². The number of nitrogens with zero attached hydrogens (tertiary/aromatic N) is 4. The average molecular weight is 367 g/mol. The number of carbonyl (C=O) groups is 1. The van der Waals surface area contributed by atoms with E-state index in [-0.39, 0.29) is 30.2 Å². The van der Waals surface area contributed by atoms with E-state index in [4.69, 9.17) is 4.74 Å². The van der Waals surface area contributed by atoms with E-state index >= 15 is 0 Å². The average Bonchev–Trinajstić information content (AvgIpc) is 2.53. The second-order valence-corrected chi connectivity index (χ2v) is 5.79. The molecule has 1 aliphatic heterocycles. The minimum absolute atomic E-state index is 0.00230. The molecule has 3 heterocycles. The van der Waals surface area contributed by atoms with Crippen LogP contribution in [0.3, 0.4) is 0 Å². The number of hydrogen-bond acceptors (Lipinski definition) is 6. The van der Waals surface area contributed by atoms with Crippen LogP contribution in [0.1, 0.15) is 17.2 Å². The van der Waals surface area contributed by atoms with Gasteiger partial charge in [0.25, 0.3) is 0 Å². The van der Waals surface area contributed by atoms with Crippen molar-refractivity contribution in [2.45, 2.75) is 12.1 Å². The summed E-state index contributed by atoms with van der Waals surface area (Å²) in [6, 6.07) is 3.50. The molecule has 0 radical (unpaired) electrons. The summed E-state index contributed by atoms with van der Waals surface area (Å²) in [6.45, 7) is 1.06. The van der Waals surface area contributed by atoms with Crippen LogP contribution in [0.2, 0.25) is 0 Å². The van der Waals surface area contributed by atoms with Gasteiger partial charge in [0, 0.05) is 38.5 Å². The molecule has 7 nitrogen and oxygen atoms in total. The van der Waals surface area contributed by atoms with E-state index in [0.717, 1.165) is 18.3 Å². The van der Waals surface area contributed by atoms with Gasteiger partial charge in [0.2, 0.25) is 11.9 Å². The van der Waals surface area contributed by atoms with Gasteiger partial charge in [-0.2, -0.15) is 13.2 Å². The summed E-state index contributed by atoms with van der Waals surface area (Å²) in [6.07, 6.45) is -1.87. The van der Waals surface area contributed by atoms with Crippen LogP contribution in [0.4, 0.5) is 24.9 Å². The SMILES string of the molecule is COCC(=O)N1CC(c2ccnc(Nc3cc(C(F)(F)F)ccn3)n2)C1. The Labute approximate surface area is 147 Å². The molecule has 0 unspecified atom stereocenters. The van der Waals surface area contributed by atoms with E-state index in [1.54, 1.807) is 11.0 Å². The largest absolute Gasteiger partial charge is 0.416 e. The molecule has 1 aliphatic rings. The molecule has 3 rings (SSSR count). The zero-order chi connectivity index (χ0) is 18.7. The van der Waals surface area contributed by atoms with Gasteiger partial charge in [-0.3, -0.25) is 4.79 Å². The predicted molar refractivity (Wildman–Crippen MR) is 85.8 cm³/mol. The van der Waals surface area contributed by atoms with Gasteiger partial charge >= 0.3 is 6.18 Å². The second kappa shape index (κ2) is 7.24. The zero-order valence-electron chi connectivity index (χ0n) is 13.8. The normalized spacial score (nSPS) is 14.8. The standard InChI is InChI=1S/C16H16F3N5O2/c1-26-9-14(25)24-7-10(8-24)12-3-5-21-15(22-12)23-13-6-11(2-4-20-13)16(17,18)19/h2-6,10H,7-9H2,1H3,(H,20,21,22,23). The number of anilines is 2. The van der Waals surface area contributed by atoms with Gasteiger partial charge in [-0.25, -0.2) is 15.0 Å². The van der Waals surface area contributed by atoms with Crippen molar-refractivity contribution < 1.29 is 22.7 Å². The number of hydrogen-bond donors (Lipinski definition) is 1. The third-order valence-corrected chi connectivity index (χ3v) is 3.92. The van der Waals surface area contributed by atoms with Gasteiger partial charge in [0.05, 0.1) is 11.3 Å². The molecule has 1 amide bonds. The number of aromatic nitrogens is 3. The number of likely N-dealkylation sites (tertiary alicyclic amines) is 1. The lowest BCUT2D eigenvalue weighted by molar-refractivity contribution is -0.139. The smallest absolute Gasteiger partial charge is 0.375 e. The maximum Gasteiger partial charge on any atom is 0.416 e. The number of pyridine rings is 1. The van der Waals surface area contributed by atoms with Crippen LogP contribution in [0.15, 0.2) is 30.6 Å². The molecule has 26 heavy (non-hydrogen) atoms. The van der Waals surface area contributed by atoms with E-state index in [9.17, 15) is 18.0 Å². The summed E-state index contributed by atoms with van der Waals surface area (Å²) in [5.41, 5.74) is -0.103. The van der Waals surface area contributed by atoms with Crippen molar-refractivity contribution in [3.63, 3.8) is 0 Å². The number of halogens is 3. The fraction of sp³-hybridized carbons (Fsp3) is 0.375. The minimum atomic E-state index is -4.45. The number of methoxy groups -OCH3 is 1. The summed E-state index contributed by atoms with van der Waals surface area (Å²) >= 11 is 0. The van der Waals surface area contributed by atoms with Crippen LogP contribution in [-0.4, -0.2) is 52.6 Å². The molecule has 10 heteroatoms. The highest BCUT2D eigenvalue weighted by Crippen LogP contribution is 2.30. The highest BCUT2D eigenvalue weighted by atomic mass is 19.4. The quantitative estimate of drug-likeness (QED) is 0.873. The summed E-state index contributed by atoms with van der Waals surface area (Å²) in [7, 11) is 1.46. The Balaban J connectivity index is 1.67. The van der Waals surface area contributed by atoms with E-state index in [1.807, 2.05) is 0 Å². The zero-order valence-corrected chi connectivity index (χ0v) is 13.8. The van der Waals surface area contributed by atoms with Crippen LogP contribution in [-0.2, 0) is 15.7 Å². The molecule has 0 aromatic carbocycles. The van der Waals surface area contributed by atoms with E-state index in [0.29, 0.717) is 18.8 Å². The lowest BCUT2D eigenvalue weighted by Crippen LogP contribution is -2.50. The fourth-order valence-corrected chi connectivity index (χ4v) is 2.53. The van der Waals surface area contributed by atoms with Crippen molar-refractivity contribution in [3.8, 4) is 0 Å². The molecule has 0 bridgehead atoms. The van der Waals surface area contributed by atoms with Crippen molar-refractivity contribution in [3.05, 3.63) is 41.9 Å². The Bertz CT molecular complexity index is 793. The Kier molecular flexibility index (Phi) is 5.03. The van der Waals surface area contributed by atoms with Crippen LogP contribution in [0, 0.1) is 0 Å². The second-order valence-electron chi connectivity index (χ2n) is 5.79. The number of alkyl halides is 3. The van der Waals surface area contributed by atoms with Crippen molar-refractivity contribution in [1.82, 2.24) is 19.9 Å². The first kappa shape index (κ1) is 18.1. The van der Waals surface area contributed by atoms with Crippen LogP contribution in [0.5, 0.6) is 0 Å². The molecule has 0 spiro atoms. The lowest BCUT2D eigenvalue weighted by atomic mass is 9.96. The topological polar surface area (TPSA) is 80.2 Å². The minimum Gasteiger partial charge on any atom is -0.375 e. The van der Waals surface area contributed by atoms with Gasteiger partial charge in [0.15, 0.2) is 0 Å². The number of amides is 1. The Morgan fingerprint density at radius 2 is 2.04 bits per heavy atom. The molecular weight excluding hydrogens is 351 g/mol. The Hall–Kier alpha value is -2.75. The molecule has 2 aromatic heterocycles. The number of nitrogens with one attached hydrogen (secondary N) is 1. The maximum absolute atomic E-state index is 12.8. The van der Waals surface area contributed by atoms with Crippen molar-refractivity contribution >= 4 is 17.7 Å². The van der Waals surface area contributed by atoms with Crippen molar-refractivity contribution in [2.75, 3.05) is 32.1 Å². The number of rotatable bonds is 5. The predicted octanol–water partition coefficient (Wildman–Crippen LogP) is 2.21. The van der Waals surface area contributed by atoms with Crippen LogP contribution < -0.4 is 5.32 Å². The first-order valence-corrected chi connectivity index (χ1v) is 7.76. The van der Waals surface area contributed by atoms with E-state index < -0.39 is 11.7 Å². The number of ether oxygens (including phenoxy) is 1. The van der Waals surface area contributed by atoms with Gasteiger partial charge in [-0.1, -0.05) is 0 Å². The van der Waals surface area contributed by atoms with Crippen molar-refractivity contribution in [1.29, 1.82) is 0 Å². The first-order chi connectivity index (χ1) is 12.4. The van der Waals surface area contributed by atoms with Gasteiger partial charge in [0.1, 0.15) is 12.4 Å². The molecule has 0 atom stereocenters. The lowest BCUT2D eigenvalue weighted by Gasteiger charge is -2.38. The molecule has 2 aromatic rings. The maximum atomic E-state index is 12.8. The van der Waals surface area contributed by atoms with Crippen LogP contribution in [0.25, 0.3) is 0 Å². The summed E-state index contributed by atoms with van der Waals surface area (Å²) in [5.74, 6) is 0.108. The third kappa shape index (κ3) is 4.07. The van der Waals surface area contributed by atoms with Crippen molar-refractivity contribution in [2.24, 2.45) is 0 Å². The number of carbonyl (C=O) groups excluding carboxylic acids is 1. The first-order valence-electron chi connectivity index (χ1n) is 7.76. The highest BCUT2D eigenvalue weighted by Gasteiger charge is 2.33. The molecular formula is C16H16F3N5O2. The summed E-state index contributed by atoms with van der Waals surface area (Å²) in [5, 5.41) is 2.68. The summed E-state index contributed by atoms with van der Waals surface area (Å²) in [4.78, 5) is 25.5. The van der Waals surface area contributed by atoms with Gasteiger partial charge in [-0.15, -0.1) is 0 Å². The van der Waals surface area contributed by atoms with E-state index in [1.165, 1.54) is 13.3 Å². The molecule has 1 N–H and O–H groups in total. The molecule has 1 saturated heterocycles. The van der Waals surface area contributed by atoms with Gasteiger partial charge < -0.3 is 15.0 Å². The monoisotopic (exact) mass is 367 g/mol. The highest BCUT2D eigenvalue weighted by molar-refractivity contribution is 5.78. The molecule has 0 aliphatic carbocycles. The fourth-order valence-electron chi connectivity index (χ4n) is 2.53. The Morgan fingerprint density at radius 1 is 1.31 bits per heavy atom. The summed E-state index contributed by atoms with van der Waals surface area (Å²) < 4.78 is 43.1. The third-order valence-electron chi connectivity index (χ3n) is 3.92. The Morgan fingerprint density at radius 3 is 2.73 bits per heavy atom. The molecule has 1 fully saturated rings. The van der Waals surface area contributed by atoms with Crippen LogP contribution >= 0.6 is 0 Å². The molecule has 138 valence electrons.